The van der Waals surface area contributed by atoms with Crippen molar-refractivity contribution >= 4 is 17.2 Å². The molecule has 0 aromatic carbocycles. The van der Waals surface area contributed by atoms with Crippen LogP contribution in [-0.2, 0) is 11.2 Å². The first-order valence-corrected chi connectivity index (χ1v) is 9.03. The highest BCUT2D eigenvalue weighted by Crippen LogP contribution is 2.24. The number of aromatic nitrogens is 1. The molecule has 0 spiro atoms. The molecule has 0 saturated heterocycles. The SMILES string of the molecule is Cc1ccc(CC(=O)N[C@@H]2CCC[C@@H](Oc3cccnc3)[C@@H]2O)s1. The predicted molar refractivity (Wildman–Crippen MR) is 93.2 cm³/mol. The van der Waals surface area contributed by atoms with E-state index in [1.165, 1.54) is 4.88 Å². The van der Waals surface area contributed by atoms with Gasteiger partial charge in [0.2, 0.25) is 5.91 Å². The van der Waals surface area contributed by atoms with Crippen LogP contribution in [0, 0.1) is 6.92 Å². The molecule has 5 nitrogen and oxygen atoms in total. The maximum atomic E-state index is 12.2. The van der Waals surface area contributed by atoms with E-state index in [4.69, 9.17) is 4.74 Å². The van der Waals surface area contributed by atoms with Crippen LogP contribution in [0.15, 0.2) is 36.7 Å². The number of nitrogens with zero attached hydrogens (tertiary/aromatic N) is 1. The molecule has 1 fully saturated rings. The van der Waals surface area contributed by atoms with Gasteiger partial charge in [0, 0.05) is 16.0 Å². The van der Waals surface area contributed by atoms with Gasteiger partial charge in [-0.05, 0) is 50.5 Å². The average molecular weight is 346 g/mol. The second kappa shape index (κ2) is 7.77. The number of hydrogen-bond acceptors (Lipinski definition) is 5. The highest BCUT2D eigenvalue weighted by atomic mass is 32.1. The molecule has 1 aliphatic rings. The summed E-state index contributed by atoms with van der Waals surface area (Å²) in [4.78, 5) is 18.5. The van der Waals surface area contributed by atoms with Gasteiger partial charge in [-0.1, -0.05) is 0 Å². The molecular weight excluding hydrogens is 324 g/mol. The number of aryl methyl sites for hydroxylation is 1. The Morgan fingerprint density at radius 3 is 3.00 bits per heavy atom. The third-order valence-corrected chi connectivity index (χ3v) is 5.20. The molecule has 2 heterocycles. The Balaban J connectivity index is 1.56. The Labute approximate surface area is 145 Å². The highest BCUT2D eigenvalue weighted by molar-refractivity contribution is 7.12. The van der Waals surface area contributed by atoms with Crippen LogP contribution in [0.2, 0.25) is 0 Å². The van der Waals surface area contributed by atoms with Crippen LogP contribution in [0.4, 0.5) is 0 Å². The lowest BCUT2D eigenvalue weighted by atomic mass is 9.89. The lowest BCUT2D eigenvalue weighted by Gasteiger charge is -2.35. The van der Waals surface area contributed by atoms with E-state index in [1.54, 1.807) is 29.8 Å². The third kappa shape index (κ3) is 4.33. The van der Waals surface area contributed by atoms with Crippen molar-refractivity contribution < 1.29 is 14.6 Å². The molecule has 0 unspecified atom stereocenters. The van der Waals surface area contributed by atoms with Crippen LogP contribution in [0.3, 0.4) is 0 Å². The van der Waals surface area contributed by atoms with Gasteiger partial charge in [0.25, 0.3) is 0 Å². The van der Waals surface area contributed by atoms with Gasteiger partial charge in [-0.3, -0.25) is 9.78 Å². The molecule has 2 aromatic heterocycles. The fourth-order valence-electron chi connectivity index (χ4n) is 3.01. The molecular formula is C18H22N2O3S. The van der Waals surface area contributed by atoms with Crippen LogP contribution in [0.1, 0.15) is 29.0 Å². The van der Waals surface area contributed by atoms with E-state index in [0.29, 0.717) is 12.2 Å². The van der Waals surface area contributed by atoms with Crippen molar-refractivity contribution in [2.45, 2.75) is 50.9 Å². The maximum Gasteiger partial charge on any atom is 0.225 e. The number of amides is 1. The van der Waals surface area contributed by atoms with Gasteiger partial charge in [0.05, 0.1) is 18.7 Å². The topological polar surface area (TPSA) is 71.5 Å². The number of carbonyl (C=O) groups is 1. The fraction of sp³-hybridized carbons (Fsp3) is 0.444. The first-order chi connectivity index (χ1) is 11.6. The minimum Gasteiger partial charge on any atom is -0.486 e. The number of nitrogens with one attached hydrogen (secondary N) is 1. The van der Waals surface area contributed by atoms with Gasteiger partial charge in [-0.2, -0.15) is 0 Å². The Hall–Kier alpha value is -1.92. The summed E-state index contributed by atoms with van der Waals surface area (Å²) in [6.07, 6.45) is 5.08. The molecule has 6 heteroatoms. The van der Waals surface area contributed by atoms with Gasteiger partial charge in [-0.25, -0.2) is 0 Å². The maximum absolute atomic E-state index is 12.2. The Morgan fingerprint density at radius 1 is 1.42 bits per heavy atom. The average Bonchev–Trinajstić information content (AvgIpc) is 2.97. The summed E-state index contributed by atoms with van der Waals surface area (Å²) >= 11 is 1.63. The number of aliphatic hydroxyl groups excluding tert-OH is 1. The minimum absolute atomic E-state index is 0.0528. The van der Waals surface area contributed by atoms with Crippen molar-refractivity contribution in [1.82, 2.24) is 10.3 Å². The molecule has 24 heavy (non-hydrogen) atoms. The molecule has 3 atom stereocenters. The van der Waals surface area contributed by atoms with Crippen LogP contribution < -0.4 is 10.1 Å². The Kier molecular flexibility index (Phi) is 5.48. The molecule has 1 amide bonds. The summed E-state index contributed by atoms with van der Waals surface area (Å²) in [7, 11) is 0. The monoisotopic (exact) mass is 346 g/mol. The summed E-state index contributed by atoms with van der Waals surface area (Å²) in [6, 6.07) is 7.34. The van der Waals surface area contributed by atoms with E-state index < -0.39 is 6.10 Å². The normalized spacial score (nSPS) is 23.7. The summed E-state index contributed by atoms with van der Waals surface area (Å²) in [5, 5.41) is 13.5. The number of hydrogen-bond donors (Lipinski definition) is 2. The van der Waals surface area contributed by atoms with Crippen LogP contribution >= 0.6 is 11.3 Å². The fourth-order valence-corrected chi connectivity index (χ4v) is 3.90. The van der Waals surface area contributed by atoms with Gasteiger partial charge in [0.1, 0.15) is 18.0 Å². The zero-order valence-corrected chi connectivity index (χ0v) is 14.5. The van der Waals surface area contributed by atoms with E-state index in [2.05, 4.69) is 10.3 Å². The van der Waals surface area contributed by atoms with Gasteiger partial charge in [0.15, 0.2) is 0 Å². The molecule has 0 aliphatic heterocycles. The second-order valence-corrected chi connectivity index (χ2v) is 7.50. The van der Waals surface area contributed by atoms with Crippen LogP contribution in [0.25, 0.3) is 0 Å². The van der Waals surface area contributed by atoms with Crippen molar-refractivity contribution in [3.8, 4) is 5.75 Å². The minimum atomic E-state index is -0.715. The molecule has 3 rings (SSSR count). The van der Waals surface area contributed by atoms with E-state index in [0.717, 1.165) is 24.1 Å². The van der Waals surface area contributed by atoms with E-state index in [-0.39, 0.29) is 18.1 Å². The summed E-state index contributed by atoms with van der Waals surface area (Å²) in [6.45, 7) is 2.03. The Bertz CT molecular complexity index is 674. The Morgan fingerprint density at radius 2 is 2.29 bits per heavy atom. The van der Waals surface area contributed by atoms with Crippen molar-refractivity contribution in [2.24, 2.45) is 0 Å². The molecule has 2 N–H and O–H groups in total. The predicted octanol–water partition coefficient (Wildman–Crippen LogP) is 2.47. The standard InChI is InChI=1S/C18H22N2O3S/c1-12-7-8-14(24-12)10-17(21)20-15-5-2-6-16(18(15)22)23-13-4-3-9-19-11-13/h3-4,7-9,11,15-16,18,22H,2,5-6,10H2,1H3,(H,20,21)/t15-,16-,18-/m1/s1. The van der Waals surface area contributed by atoms with E-state index in [9.17, 15) is 9.90 Å². The number of aliphatic hydroxyl groups is 1. The molecule has 1 aliphatic carbocycles. The largest absolute Gasteiger partial charge is 0.486 e. The third-order valence-electron chi connectivity index (χ3n) is 4.20. The van der Waals surface area contributed by atoms with Crippen LogP contribution in [-0.4, -0.2) is 34.2 Å². The lowest BCUT2D eigenvalue weighted by molar-refractivity contribution is -0.123. The molecule has 0 radical (unpaired) electrons. The molecule has 0 bridgehead atoms. The summed E-state index contributed by atoms with van der Waals surface area (Å²) in [5.41, 5.74) is 0. The molecule has 1 saturated carbocycles. The number of thiophene rings is 1. The zero-order chi connectivity index (χ0) is 16.9. The van der Waals surface area contributed by atoms with Crippen LogP contribution in [0.5, 0.6) is 5.75 Å². The van der Waals surface area contributed by atoms with E-state index >= 15 is 0 Å². The number of rotatable bonds is 5. The quantitative estimate of drug-likeness (QED) is 0.872. The molecule has 128 valence electrons. The number of carbonyl (C=O) groups excluding carboxylic acids is 1. The van der Waals surface area contributed by atoms with Gasteiger partial charge in [-0.15, -0.1) is 11.3 Å². The summed E-state index contributed by atoms with van der Waals surface area (Å²) in [5.74, 6) is 0.588. The van der Waals surface area contributed by atoms with E-state index in [1.807, 2.05) is 25.1 Å². The van der Waals surface area contributed by atoms with Gasteiger partial charge >= 0.3 is 0 Å². The first-order valence-electron chi connectivity index (χ1n) is 8.21. The summed E-state index contributed by atoms with van der Waals surface area (Å²) < 4.78 is 5.84. The first kappa shape index (κ1) is 16.9. The molecule has 2 aromatic rings. The van der Waals surface area contributed by atoms with Crippen molar-refractivity contribution in [3.63, 3.8) is 0 Å². The van der Waals surface area contributed by atoms with Crippen molar-refractivity contribution in [3.05, 3.63) is 46.4 Å². The highest BCUT2D eigenvalue weighted by Gasteiger charge is 2.34. The van der Waals surface area contributed by atoms with Crippen molar-refractivity contribution in [1.29, 1.82) is 0 Å². The van der Waals surface area contributed by atoms with Crippen molar-refractivity contribution in [2.75, 3.05) is 0 Å². The second-order valence-electron chi connectivity index (χ2n) is 6.13. The lowest BCUT2D eigenvalue weighted by Crippen LogP contribution is -2.53. The number of ether oxygens (including phenoxy) is 1. The van der Waals surface area contributed by atoms with Gasteiger partial charge < -0.3 is 15.2 Å². The zero-order valence-electron chi connectivity index (χ0n) is 13.6. The number of pyridine rings is 1. The smallest absolute Gasteiger partial charge is 0.225 e.